The molecule has 0 atom stereocenters. The van der Waals surface area contributed by atoms with Crippen molar-refractivity contribution < 1.29 is 15.0 Å². The number of carboxylic acids is 1. The van der Waals surface area contributed by atoms with E-state index in [1.54, 1.807) is 18.2 Å². The minimum Gasteiger partial charge on any atom is -0.478 e. The largest absolute Gasteiger partial charge is 0.478 e. The maximum Gasteiger partial charge on any atom is 0.337 e. The number of aliphatic hydroxyl groups is 1. The van der Waals surface area contributed by atoms with Crippen LogP contribution in [0.3, 0.4) is 0 Å². The zero-order chi connectivity index (χ0) is 22.0. The molecule has 4 N–H and O–H groups in total. The molecule has 2 rings (SSSR count). The highest BCUT2D eigenvalue weighted by Crippen LogP contribution is 2.13. The molecule has 0 amide bonds. The van der Waals surface area contributed by atoms with Crippen molar-refractivity contribution in [2.75, 3.05) is 12.3 Å². The number of nitrogen functional groups attached to an aromatic ring is 1. The molecular weight excluding hydrogens is 374 g/mol. The molecule has 166 valence electrons. The molecule has 0 unspecified atom stereocenters. The molecule has 0 aliphatic heterocycles. The van der Waals surface area contributed by atoms with Gasteiger partial charge in [-0.1, -0.05) is 93.3 Å². The Morgan fingerprint density at radius 3 is 1.83 bits per heavy atom. The van der Waals surface area contributed by atoms with Crippen LogP contribution in [0.4, 0.5) is 5.69 Å². The minimum absolute atomic E-state index is 0.171. The Kier molecular flexibility index (Phi) is 14.1. The van der Waals surface area contributed by atoms with Gasteiger partial charge in [-0.15, -0.1) is 0 Å². The number of hydrogen-bond acceptors (Lipinski definition) is 3. The number of benzene rings is 2. The van der Waals surface area contributed by atoms with E-state index in [4.69, 9.17) is 15.9 Å². The van der Waals surface area contributed by atoms with Crippen LogP contribution >= 0.6 is 0 Å². The molecule has 0 aliphatic carbocycles. The van der Waals surface area contributed by atoms with Gasteiger partial charge in [-0.2, -0.15) is 0 Å². The van der Waals surface area contributed by atoms with Gasteiger partial charge in [0.15, 0.2) is 0 Å². The summed E-state index contributed by atoms with van der Waals surface area (Å²) in [6.45, 7) is 2.19. The summed E-state index contributed by atoms with van der Waals surface area (Å²) in [4.78, 5) is 10.5. The smallest absolute Gasteiger partial charge is 0.337 e. The molecule has 2 aromatic rings. The first-order chi connectivity index (χ1) is 14.5. The summed E-state index contributed by atoms with van der Waals surface area (Å²) in [5.41, 5.74) is 8.27. The molecule has 0 heterocycles. The molecule has 0 aliphatic rings. The second kappa shape index (κ2) is 16.5. The molecule has 0 aromatic heterocycles. The van der Waals surface area contributed by atoms with E-state index >= 15 is 0 Å². The number of aromatic carboxylic acids is 1. The fourth-order valence-corrected chi connectivity index (χ4v) is 3.36. The highest BCUT2D eigenvalue weighted by Gasteiger charge is 2.06. The number of aryl methyl sites for hydroxylation is 2. The highest BCUT2D eigenvalue weighted by atomic mass is 16.4. The van der Waals surface area contributed by atoms with Crippen molar-refractivity contribution in [2.45, 2.75) is 77.6 Å². The van der Waals surface area contributed by atoms with Crippen molar-refractivity contribution in [3.63, 3.8) is 0 Å². The summed E-state index contributed by atoms with van der Waals surface area (Å²) in [7, 11) is 0. The number of carboxylic acid groups (broad SMARTS) is 1. The minimum atomic E-state index is -0.980. The standard InChI is InChI=1S/C18H30O.C8H9NO2/c19-17-13-8-6-4-2-1-3-5-7-10-14-18-15-11-9-12-16-18;1-5-2-3-7(9)6(4-5)8(10)11/h9,11-12,15-16,19H,1-8,10,13-14,17H2;2-4H,9H2,1H3,(H,10,11). The normalized spacial score (nSPS) is 10.3. The summed E-state index contributed by atoms with van der Waals surface area (Å²) < 4.78 is 0. The summed E-state index contributed by atoms with van der Waals surface area (Å²) in [6, 6.07) is 15.7. The Morgan fingerprint density at radius 1 is 0.800 bits per heavy atom. The molecule has 0 bridgehead atoms. The molecule has 0 spiro atoms. The summed E-state index contributed by atoms with van der Waals surface area (Å²) in [5, 5.41) is 17.3. The third-order valence-electron chi connectivity index (χ3n) is 5.16. The predicted octanol–water partition coefficient (Wildman–Crippen LogP) is 6.40. The van der Waals surface area contributed by atoms with Crippen LogP contribution in [0.2, 0.25) is 0 Å². The van der Waals surface area contributed by atoms with E-state index in [1.165, 1.54) is 69.8 Å². The number of carbonyl (C=O) groups is 1. The molecular formula is C26H39NO3. The molecule has 4 heteroatoms. The number of aliphatic hydroxyl groups excluding tert-OH is 1. The van der Waals surface area contributed by atoms with Gasteiger partial charge in [0.1, 0.15) is 0 Å². The second-order valence-electron chi connectivity index (χ2n) is 7.89. The van der Waals surface area contributed by atoms with E-state index in [0.29, 0.717) is 12.3 Å². The average molecular weight is 414 g/mol. The quantitative estimate of drug-likeness (QED) is 0.262. The summed E-state index contributed by atoms with van der Waals surface area (Å²) >= 11 is 0. The van der Waals surface area contributed by atoms with Crippen LogP contribution in [0, 0.1) is 6.92 Å². The van der Waals surface area contributed by atoms with Gasteiger partial charge >= 0.3 is 5.97 Å². The molecule has 0 radical (unpaired) electrons. The van der Waals surface area contributed by atoms with Crippen molar-refractivity contribution in [3.8, 4) is 0 Å². The zero-order valence-corrected chi connectivity index (χ0v) is 18.5. The maximum atomic E-state index is 10.5. The van der Waals surface area contributed by atoms with Crippen LogP contribution < -0.4 is 5.73 Å². The van der Waals surface area contributed by atoms with E-state index in [0.717, 1.165) is 12.0 Å². The van der Waals surface area contributed by atoms with Crippen molar-refractivity contribution in [2.24, 2.45) is 0 Å². The lowest BCUT2D eigenvalue weighted by molar-refractivity contribution is 0.0698. The highest BCUT2D eigenvalue weighted by molar-refractivity contribution is 5.93. The van der Waals surface area contributed by atoms with Crippen molar-refractivity contribution in [1.82, 2.24) is 0 Å². The van der Waals surface area contributed by atoms with Gasteiger partial charge in [-0.25, -0.2) is 4.79 Å². The molecule has 0 fully saturated rings. The first-order valence-corrected chi connectivity index (χ1v) is 11.3. The molecule has 30 heavy (non-hydrogen) atoms. The fourth-order valence-electron chi connectivity index (χ4n) is 3.36. The Morgan fingerprint density at radius 2 is 1.33 bits per heavy atom. The number of rotatable bonds is 13. The van der Waals surface area contributed by atoms with Gasteiger partial charge in [0.2, 0.25) is 0 Å². The van der Waals surface area contributed by atoms with E-state index in [1.807, 2.05) is 6.92 Å². The predicted molar refractivity (Wildman–Crippen MR) is 126 cm³/mol. The second-order valence-corrected chi connectivity index (χ2v) is 7.89. The van der Waals surface area contributed by atoms with Crippen LogP contribution in [0.25, 0.3) is 0 Å². The number of anilines is 1. The van der Waals surface area contributed by atoms with Crippen molar-refractivity contribution >= 4 is 11.7 Å². The molecule has 4 nitrogen and oxygen atoms in total. The zero-order valence-electron chi connectivity index (χ0n) is 18.5. The van der Waals surface area contributed by atoms with E-state index < -0.39 is 5.97 Å². The Hall–Kier alpha value is -2.33. The molecule has 0 saturated carbocycles. The summed E-state index contributed by atoms with van der Waals surface area (Å²) in [6.07, 6.45) is 14.3. The van der Waals surface area contributed by atoms with Gasteiger partial charge in [0, 0.05) is 12.3 Å². The van der Waals surface area contributed by atoms with Gasteiger partial charge < -0.3 is 15.9 Å². The lowest BCUT2D eigenvalue weighted by Gasteiger charge is -2.03. The third-order valence-corrected chi connectivity index (χ3v) is 5.16. The van der Waals surface area contributed by atoms with Gasteiger partial charge in [0.25, 0.3) is 0 Å². The van der Waals surface area contributed by atoms with E-state index in [-0.39, 0.29) is 5.56 Å². The lowest BCUT2D eigenvalue weighted by atomic mass is 10.0. The number of nitrogens with two attached hydrogens (primary N) is 1. The third kappa shape index (κ3) is 12.3. The maximum absolute atomic E-state index is 10.5. The number of hydrogen-bond donors (Lipinski definition) is 3. The first-order valence-electron chi connectivity index (χ1n) is 11.3. The lowest BCUT2D eigenvalue weighted by Crippen LogP contribution is -2.02. The fraction of sp³-hybridized carbons (Fsp3) is 0.500. The summed E-state index contributed by atoms with van der Waals surface area (Å²) in [5.74, 6) is -0.980. The topological polar surface area (TPSA) is 83.6 Å². The van der Waals surface area contributed by atoms with Gasteiger partial charge in [-0.3, -0.25) is 0 Å². The van der Waals surface area contributed by atoms with Crippen molar-refractivity contribution in [1.29, 1.82) is 0 Å². The SMILES string of the molecule is Cc1ccc(N)c(C(=O)O)c1.OCCCCCCCCCCCCc1ccccc1. The Labute approximate surface area is 182 Å². The van der Waals surface area contributed by atoms with Gasteiger partial charge in [-0.05, 0) is 43.9 Å². The molecule has 0 saturated heterocycles. The molecule has 2 aromatic carbocycles. The van der Waals surface area contributed by atoms with Crippen LogP contribution in [-0.2, 0) is 6.42 Å². The van der Waals surface area contributed by atoms with Crippen LogP contribution in [0.1, 0.15) is 85.7 Å². The van der Waals surface area contributed by atoms with E-state index in [2.05, 4.69) is 30.3 Å². The Bertz CT molecular complexity index is 701. The van der Waals surface area contributed by atoms with Crippen LogP contribution in [0.5, 0.6) is 0 Å². The van der Waals surface area contributed by atoms with Crippen molar-refractivity contribution in [3.05, 3.63) is 65.2 Å². The Balaban J connectivity index is 0.000000346. The monoisotopic (exact) mass is 413 g/mol. The van der Waals surface area contributed by atoms with Gasteiger partial charge in [0.05, 0.1) is 5.56 Å². The van der Waals surface area contributed by atoms with Crippen LogP contribution in [0.15, 0.2) is 48.5 Å². The first kappa shape index (κ1) is 25.7. The number of unbranched alkanes of at least 4 members (excludes halogenated alkanes) is 9. The van der Waals surface area contributed by atoms with E-state index in [9.17, 15) is 4.79 Å². The average Bonchev–Trinajstić information content (AvgIpc) is 2.75. The van der Waals surface area contributed by atoms with Crippen LogP contribution in [-0.4, -0.2) is 22.8 Å².